The Hall–Kier alpha value is -1.62. The molecule has 2 fully saturated rings. The van der Waals surface area contributed by atoms with Gasteiger partial charge in [0.15, 0.2) is 0 Å². The maximum atomic E-state index is 13.8. The van der Waals surface area contributed by atoms with Crippen molar-refractivity contribution in [2.45, 2.75) is 19.3 Å². The van der Waals surface area contributed by atoms with Crippen LogP contribution in [-0.4, -0.2) is 61.5 Å². The minimum atomic E-state index is -0.184. The number of hydrogen-bond donors (Lipinski definition) is 0. The first-order valence-electron chi connectivity index (χ1n) is 8.23. The van der Waals surface area contributed by atoms with Crippen LogP contribution in [0.5, 0.6) is 0 Å². The molecule has 5 heteroatoms. The summed E-state index contributed by atoms with van der Waals surface area (Å²) in [5.41, 5.74) is 0.645. The number of para-hydroxylation sites is 1. The van der Waals surface area contributed by atoms with Gasteiger partial charge in [-0.05, 0) is 38.1 Å². The van der Waals surface area contributed by atoms with Gasteiger partial charge in [-0.25, -0.2) is 4.39 Å². The Morgan fingerprint density at radius 3 is 2.36 bits per heavy atom. The minimum Gasteiger partial charge on any atom is -0.366 e. The van der Waals surface area contributed by atoms with Gasteiger partial charge >= 0.3 is 0 Å². The molecular weight excluding hydrogens is 281 g/mol. The van der Waals surface area contributed by atoms with E-state index in [1.807, 2.05) is 15.9 Å². The number of likely N-dealkylation sites (tertiary alicyclic amines) is 1. The van der Waals surface area contributed by atoms with Crippen LogP contribution in [0.1, 0.15) is 19.3 Å². The number of amides is 1. The standard InChI is InChI=1S/C17H24FN3O/c18-15-5-1-2-6-16(15)20-11-13-21(14-12-20)17(22)7-10-19-8-3-4-9-19/h1-2,5-6H,3-4,7-14H2. The van der Waals surface area contributed by atoms with Crippen molar-refractivity contribution in [2.24, 2.45) is 0 Å². The van der Waals surface area contributed by atoms with E-state index in [1.54, 1.807) is 12.1 Å². The van der Waals surface area contributed by atoms with Gasteiger partial charge in [0.2, 0.25) is 5.91 Å². The van der Waals surface area contributed by atoms with Gasteiger partial charge in [-0.3, -0.25) is 4.79 Å². The lowest BCUT2D eigenvalue weighted by molar-refractivity contribution is -0.131. The topological polar surface area (TPSA) is 26.8 Å². The number of piperazine rings is 1. The summed E-state index contributed by atoms with van der Waals surface area (Å²) in [6.07, 6.45) is 3.13. The van der Waals surface area contributed by atoms with Gasteiger partial charge in [-0.2, -0.15) is 0 Å². The van der Waals surface area contributed by atoms with E-state index in [0.29, 0.717) is 38.3 Å². The fourth-order valence-corrected chi connectivity index (χ4v) is 3.32. The monoisotopic (exact) mass is 305 g/mol. The molecule has 0 N–H and O–H groups in total. The number of halogens is 1. The lowest BCUT2D eigenvalue weighted by Crippen LogP contribution is -2.49. The van der Waals surface area contributed by atoms with Crippen LogP contribution in [0.25, 0.3) is 0 Å². The summed E-state index contributed by atoms with van der Waals surface area (Å²) >= 11 is 0. The Morgan fingerprint density at radius 1 is 1.00 bits per heavy atom. The van der Waals surface area contributed by atoms with Crippen LogP contribution in [0.3, 0.4) is 0 Å². The highest BCUT2D eigenvalue weighted by atomic mass is 19.1. The van der Waals surface area contributed by atoms with Crippen molar-refractivity contribution in [1.29, 1.82) is 0 Å². The lowest BCUT2D eigenvalue weighted by atomic mass is 10.2. The molecule has 0 unspecified atom stereocenters. The second-order valence-electron chi connectivity index (χ2n) is 6.12. The second kappa shape index (κ2) is 7.09. The van der Waals surface area contributed by atoms with Crippen molar-refractivity contribution in [1.82, 2.24) is 9.80 Å². The first kappa shape index (κ1) is 15.3. The molecule has 4 nitrogen and oxygen atoms in total. The van der Waals surface area contributed by atoms with E-state index in [0.717, 1.165) is 19.6 Å². The molecule has 2 aliphatic rings. The Bertz CT molecular complexity index is 508. The van der Waals surface area contributed by atoms with Crippen LogP contribution in [-0.2, 0) is 4.79 Å². The first-order chi connectivity index (χ1) is 10.7. The van der Waals surface area contributed by atoms with Crippen molar-refractivity contribution in [3.63, 3.8) is 0 Å². The predicted molar refractivity (Wildman–Crippen MR) is 85.5 cm³/mol. The summed E-state index contributed by atoms with van der Waals surface area (Å²) < 4.78 is 13.8. The molecule has 0 spiro atoms. The van der Waals surface area contributed by atoms with Crippen LogP contribution >= 0.6 is 0 Å². The summed E-state index contributed by atoms with van der Waals surface area (Å²) in [6.45, 7) is 5.93. The molecule has 0 bridgehead atoms. The summed E-state index contributed by atoms with van der Waals surface area (Å²) in [5.74, 6) is 0.0522. The lowest BCUT2D eigenvalue weighted by Gasteiger charge is -2.36. The molecule has 1 aromatic carbocycles. The van der Waals surface area contributed by atoms with Crippen molar-refractivity contribution in [2.75, 3.05) is 50.7 Å². The van der Waals surface area contributed by atoms with Crippen molar-refractivity contribution >= 4 is 11.6 Å². The molecule has 2 saturated heterocycles. The van der Waals surface area contributed by atoms with E-state index >= 15 is 0 Å². The van der Waals surface area contributed by atoms with Gasteiger partial charge in [0.25, 0.3) is 0 Å². The third-order valence-corrected chi connectivity index (χ3v) is 4.67. The van der Waals surface area contributed by atoms with Gasteiger partial charge in [0, 0.05) is 39.1 Å². The fraction of sp³-hybridized carbons (Fsp3) is 0.588. The molecular formula is C17H24FN3O. The number of rotatable bonds is 4. The van der Waals surface area contributed by atoms with Gasteiger partial charge in [0.1, 0.15) is 5.82 Å². The molecule has 0 aliphatic carbocycles. The van der Waals surface area contributed by atoms with Crippen LogP contribution < -0.4 is 4.90 Å². The SMILES string of the molecule is O=C(CCN1CCCC1)N1CCN(c2ccccc2F)CC1. The molecule has 0 radical (unpaired) electrons. The summed E-state index contributed by atoms with van der Waals surface area (Å²) in [6, 6.07) is 6.85. The molecule has 1 amide bonds. The molecule has 0 saturated carbocycles. The predicted octanol–water partition coefficient (Wildman–Crippen LogP) is 1.96. The second-order valence-corrected chi connectivity index (χ2v) is 6.12. The zero-order valence-electron chi connectivity index (χ0n) is 13.0. The Morgan fingerprint density at radius 2 is 1.68 bits per heavy atom. The Labute approximate surface area is 131 Å². The van der Waals surface area contributed by atoms with Crippen molar-refractivity contribution in [3.8, 4) is 0 Å². The Kier molecular flexibility index (Phi) is 4.93. The maximum Gasteiger partial charge on any atom is 0.223 e. The van der Waals surface area contributed by atoms with E-state index in [4.69, 9.17) is 0 Å². The number of hydrogen-bond acceptors (Lipinski definition) is 3. The van der Waals surface area contributed by atoms with Gasteiger partial charge in [-0.15, -0.1) is 0 Å². The van der Waals surface area contributed by atoms with E-state index in [1.165, 1.54) is 18.9 Å². The van der Waals surface area contributed by atoms with Crippen LogP contribution in [0.15, 0.2) is 24.3 Å². The molecule has 0 atom stereocenters. The minimum absolute atomic E-state index is 0.184. The van der Waals surface area contributed by atoms with E-state index in [2.05, 4.69) is 4.90 Å². The molecule has 120 valence electrons. The van der Waals surface area contributed by atoms with Crippen LogP contribution in [0.4, 0.5) is 10.1 Å². The summed E-state index contributed by atoms with van der Waals surface area (Å²) in [4.78, 5) is 18.6. The summed E-state index contributed by atoms with van der Waals surface area (Å²) in [5, 5.41) is 0. The number of carbonyl (C=O) groups excluding carboxylic acids is 1. The van der Waals surface area contributed by atoms with E-state index in [-0.39, 0.29) is 11.7 Å². The smallest absolute Gasteiger partial charge is 0.223 e. The van der Waals surface area contributed by atoms with Gasteiger partial charge in [0.05, 0.1) is 5.69 Å². The number of carbonyl (C=O) groups is 1. The van der Waals surface area contributed by atoms with Crippen molar-refractivity contribution < 1.29 is 9.18 Å². The highest BCUT2D eigenvalue weighted by molar-refractivity contribution is 5.76. The van der Waals surface area contributed by atoms with Crippen molar-refractivity contribution in [3.05, 3.63) is 30.1 Å². The van der Waals surface area contributed by atoms with Crippen LogP contribution in [0, 0.1) is 5.82 Å². The normalized spacial score (nSPS) is 19.7. The van der Waals surface area contributed by atoms with E-state index < -0.39 is 0 Å². The number of anilines is 1. The largest absolute Gasteiger partial charge is 0.366 e. The van der Waals surface area contributed by atoms with Crippen LogP contribution in [0.2, 0.25) is 0 Å². The summed E-state index contributed by atoms with van der Waals surface area (Å²) in [7, 11) is 0. The molecule has 0 aromatic heterocycles. The fourth-order valence-electron chi connectivity index (χ4n) is 3.32. The molecule has 2 aliphatic heterocycles. The highest BCUT2D eigenvalue weighted by Gasteiger charge is 2.23. The third-order valence-electron chi connectivity index (χ3n) is 4.67. The average molecular weight is 305 g/mol. The molecule has 22 heavy (non-hydrogen) atoms. The first-order valence-corrected chi connectivity index (χ1v) is 8.23. The Balaban J connectivity index is 1.46. The zero-order valence-corrected chi connectivity index (χ0v) is 13.0. The van der Waals surface area contributed by atoms with Gasteiger partial charge in [-0.1, -0.05) is 12.1 Å². The van der Waals surface area contributed by atoms with Gasteiger partial charge < -0.3 is 14.7 Å². The average Bonchev–Trinajstić information content (AvgIpc) is 3.07. The number of benzene rings is 1. The highest BCUT2D eigenvalue weighted by Crippen LogP contribution is 2.20. The third kappa shape index (κ3) is 3.58. The molecule has 3 rings (SSSR count). The quantitative estimate of drug-likeness (QED) is 0.851. The molecule has 2 heterocycles. The van der Waals surface area contributed by atoms with E-state index in [9.17, 15) is 9.18 Å². The molecule has 1 aromatic rings. The number of nitrogens with zero attached hydrogens (tertiary/aromatic N) is 3. The zero-order chi connectivity index (χ0) is 15.4. The maximum absolute atomic E-state index is 13.8.